The highest BCUT2D eigenvalue weighted by molar-refractivity contribution is 5.90. The van der Waals surface area contributed by atoms with E-state index >= 15 is 4.39 Å². The van der Waals surface area contributed by atoms with Crippen molar-refractivity contribution in [2.24, 2.45) is 0 Å². The molecule has 158 valence electrons. The molecular formula is C22H21FO7. The van der Waals surface area contributed by atoms with Gasteiger partial charge in [-0.05, 0) is 31.2 Å². The maximum absolute atomic E-state index is 15.5. The molecule has 8 heteroatoms. The number of alkyl halides is 1. The van der Waals surface area contributed by atoms with Crippen LogP contribution in [0.3, 0.4) is 0 Å². The molecule has 0 radical (unpaired) electrons. The van der Waals surface area contributed by atoms with Crippen molar-refractivity contribution in [1.29, 1.82) is 0 Å². The van der Waals surface area contributed by atoms with E-state index in [9.17, 15) is 14.4 Å². The summed E-state index contributed by atoms with van der Waals surface area (Å²) in [7, 11) is 0. The van der Waals surface area contributed by atoms with Gasteiger partial charge in [0.15, 0.2) is 6.10 Å². The van der Waals surface area contributed by atoms with E-state index in [2.05, 4.69) is 0 Å². The van der Waals surface area contributed by atoms with E-state index in [0.29, 0.717) is 5.56 Å². The maximum atomic E-state index is 15.5. The molecule has 3 rings (SSSR count). The van der Waals surface area contributed by atoms with Gasteiger partial charge in [0.05, 0.1) is 11.1 Å². The molecule has 2 aromatic carbocycles. The zero-order valence-electron chi connectivity index (χ0n) is 16.4. The Morgan fingerprint density at radius 2 is 1.47 bits per heavy atom. The standard InChI is InChI=1S/C22H21FO7/c1-14(24)28-21-22(2,23)18(30-20(26)16-11-7-4-8-12-16)17(29-21)13-27-19(25)15-9-5-3-6-10-15/h3-12,17-18,21H,13H2,1-2H3. The van der Waals surface area contributed by atoms with Crippen molar-refractivity contribution in [3.63, 3.8) is 0 Å². The molecule has 1 heterocycles. The van der Waals surface area contributed by atoms with Gasteiger partial charge >= 0.3 is 17.9 Å². The summed E-state index contributed by atoms with van der Waals surface area (Å²) in [6, 6.07) is 16.2. The summed E-state index contributed by atoms with van der Waals surface area (Å²) in [6.45, 7) is 1.80. The Hall–Kier alpha value is -3.26. The van der Waals surface area contributed by atoms with Gasteiger partial charge in [0.2, 0.25) is 12.0 Å². The number of hydrogen-bond donors (Lipinski definition) is 0. The van der Waals surface area contributed by atoms with Gasteiger partial charge in [-0.15, -0.1) is 0 Å². The lowest BCUT2D eigenvalue weighted by molar-refractivity contribution is -0.193. The van der Waals surface area contributed by atoms with Gasteiger partial charge in [0.1, 0.15) is 12.7 Å². The van der Waals surface area contributed by atoms with Crippen LogP contribution < -0.4 is 0 Å². The molecule has 30 heavy (non-hydrogen) atoms. The zero-order chi connectivity index (χ0) is 21.7. The number of benzene rings is 2. The van der Waals surface area contributed by atoms with Crippen LogP contribution in [-0.2, 0) is 23.7 Å². The normalized spacial score (nSPS) is 25.4. The van der Waals surface area contributed by atoms with E-state index in [4.69, 9.17) is 18.9 Å². The lowest BCUT2D eigenvalue weighted by Gasteiger charge is -2.26. The van der Waals surface area contributed by atoms with E-state index in [1.807, 2.05) is 0 Å². The third-order valence-electron chi connectivity index (χ3n) is 4.56. The number of ether oxygens (including phenoxy) is 4. The highest BCUT2D eigenvalue weighted by Crippen LogP contribution is 2.38. The second-order valence-corrected chi connectivity index (χ2v) is 6.92. The first-order chi connectivity index (χ1) is 14.3. The third-order valence-corrected chi connectivity index (χ3v) is 4.56. The molecule has 0 amide bonds. The van der Waals surface area contributed by atoms with Gasteiger partial charge in [0.25, 0.3) is 0 Å². The molecule has 1 aliphatic heterocycles. The summed E-state index contributed by atoms with van der Waals surface area (Å²) in [6.07, 6.45) is -4.27. The van der Waals surface area contributed by atoms with Crippen molar-refractivity contribution in [2.75, 3.05) is 6.61 Å². The van der Waals surface area contributed by atoms with E-state index in [1.165, 1.54) is 12.1 Å². The number of carbonyl (C=O) groups is 3. The second kappa shape index (κ2) is 9.04. The van der Waals surface area contributed by atoms with Crippen molar-refractivity contribution in [3.05, 3.63) is 71.8 Å². The summed E-state index contributed by atoms with van der Waals surface area (Å²) < 4.78 is 36.4. The monoisotopic (exact) mass is 416 g/mol. The van der Waals surface area contributed by atoms with Gasteiger partial charge in [-0.1, -0.05) is 36.4 Å². The number of hydrogen-bond acceptors (Lipinski definition) is 7. The Morgan fingerprint density at radius 1 is 0.933 bits per heavy atom. The predicted octanol–water partition coefficient (Wildman–Crippen LogP) is 3.09. The van der Waals surface area contributed by atoms with Crippen LogP contribution in [0.4, 0.5) is 4.39 Å². The fourth-order valence-electron chi connectivity index (χ4n) is 3.05. The van der Waals surface area contributed by atoms with Crippen LogP contribution in [0.1, 0.15) is 34.6 Å². The summed E-state index contributed by atoms with van der Waals surface area (Å²) in [5.41, 5.74) is -1.85. The molecule has 7 nitrogen and oxygen atoms in total. The molecule has 2 aromatic rings. The largest absolute Gasteiger partial charge is 0.459 e. The molecule has 1 aliphatic rings. The van der Waals surface area contributed by atoms with Gasteiger partial charge < -0.3 is 18.9 Å². The van der Waals surface area contributed by atoms with Crippen LogP contribution in [-0.4, -0.2) is 48.7 Å². The molecule has 0 aliphatic carbocycles. The van der Waals surface area contributed by atoms with Crippen LogP contribution in [0.2, 0.25) is 0 Å². The molecule has 0 aromatic heterocycles. The summed E-state index contributed by atoms with van der Waals surface area (Å²) in [5, 5.41) is 0. The van der Waals surface area contributed by atoms with E-state index in [-0.39, 0.29) is 5.56 Å². The first kappa shape index (κ1) is 21.4. The van der Waals surface area contributed by atoms with E-state index < -0.39 is 48.7 Å². The van der Waals surface area contributed by atoms with Gasteiger partial charge in [-0.2, -0.15) is 0 Å². The highest BCUT2D eigenvalue weighted by Gasteiger charge is 2.59. The van der Waals surface area contributed by atoms with Crippen LogP contribution in [0, 0.1) is 0 Å². The third kappa shape index (κ3) is 4.83. The number of carbonyl (C=O) groups excluding carboxylic acids is 3. The Kier molecular flexibility index (Phi) is 6.47. The molecule has 0 bridgehead atoms. The topological polar surface area (TPSA) is 88.1 Å². The molecule has 1 fully saturated rings. The van der Waals surface area contributed by atoms with Crippen LogP contribution >= 0.6 is 0 Å². The second-order valence-electron chi connectivity index (χ2n) is 6.92. The quantitative estimate of drug-likeness (QED) is 0.528. The van der Waals surface area contributed by atoms with Crippen molar-refractivity contribution >= 4 is 17.9 Å². The zero-order valence-corrected chi connectivity index (χ0v) is 16.4. The minimum atomic E-state index is -2.36. The molecular weight excluding hydrogens is 395 g/mol. The van der Waals surface area contributed by atoms with Crippen molar-refractivity contribution in [3.8, 4) is 0 Å². The minimum absolute atomic E-state index is 0.212. The van der Waals surface area contributed by atoms with Crippen LogP contribution in [0.25, 0.3) is 0 Å². The molecule has 0 spiro atoms. The summed E-state index contributed by atoms with van der Waals surface area (Å²) in [4.78, 5) is 36.0. The lowest BCUT2D eigenvalue weighted by atomic mass is 9.99. The van der Waals surface area contributed by atoms with Gasteiger partial charge in [-0.25, -0.2) is 14.0 Å². The smallest absolute Gasteiger partial charge is 0.338 e. The Labute approximate surface area is 172 Å². The SMILES string of the molecule is CC(=O)OC1OC(COC(=O)c2ccccc2)C(OC(=O)c2ccccc2)C1(C)F. The fraction of sp³-hybridized carbons (Fsp3) is 0.318. The first-order valence-corrected chi connectivity index (χ1v) is 9.29. The summed E-state index contributed by atoms with van der Waals surface area (Å²) >= 11 is 0. The minimum Gasteiger partial charge on any atom is -0.459 e. The fourth-order valence-corrected chi connectivity index (χ4v) is 3.05. The predicted molar refractivity (Wildman–Crippen MR) is 102 cm³/mol. The Morgan fingerprint density at radius 3 is 2.00 bits per heavy atom. The van der Waals surface area contributed by atoms with E-state index in [0.717, 1.165) is 13.8 Å². The highest BCUT2D eigenvalue weighted by atomic mass is 19.1. The van der Waals surface area contributed by atoms with E-state index in [1.54, 1.807) is 48.5 Å². The molecule has 1 saturated heterocycles. The van der Waals surface area contributed by atoms with Crippen molar-refractivity contribution in [1.82, 2.24) is 0 Å². The average Bonchev–Trinajstić information content (AvgIpc) is 2.96. The number of halogens is 1. The van der Waals surface area contributed by atoms with Gasteiger partial charge in [0, 0.05) is 6.92 Å². The first-order valence-electron chi connectivity index (χ1n) is 9.29. The number of esters is 3. The Balaban J connectivity index is 1.76. The summed E-state index contributed by atoms with van der Waals surface area (Å²) in [5.74, 6) is -2.20. The average molecular weight is 416 g/mol. The lowest BCUT2D eigenvalue weighted by Crippen LogP contribution is -2.46. The van der Waals surface area contributed by atoms with Crippen LogP contribution in [0.15, 0.2) is 60.7 Å². The maximum Gasteiger partial charge on any atom is 0.338 e. The molecule has 4 atom stereocenters. The van der Waals surface area contributed by atoms with Crippen LogP contribution in [0.5, 0.6) is 0 Å². The Bertz CT molecular complexity index is 898. The van der Waals surface area contributed by atoms with Crippen molar-refractivity contribution in [2.45, 2.75) is 38.0 Å². The molecule has 0 N–H and O–H groups in total. The van der Waals surface area contributed by atoms with Gasteiger partial charge in [-0.3, -0.25) is 4.79 Å². The number of rotatable bonds is 6. The molecule has 4 unspecified atom stereocenters. The molecule has 0 saturated carbocycles. The van der Waals surface area contributed by atoms with Crippen molar-refractivity contribution < 1.29 is 37.7 Å².